The third-order valence-corrected chi connectivity index (χ3v) is 5.36. The van der Waals surface area contributed by atoms with Gasteiger partial charge in [-0.2, -0.15) is 0 Å². The van der Waals surface area contributed by atoms with E-state index in [1.165, 1.54) is 35.6 Å². The zero-order valence-corrected chi connectivity index (χ0v) is 14.3. The van der Waals surface area contributed by atoms with Crippen molar-refractivity contribution >= 4 is 23.1 Å². The molecule has 0 saturated carbocycles. The van der Waals surface area contributed by atoms with Gasteiger partial charge in [0, 0.05) is 17.5 Å². The molecule has 21 heavy (non-hydrogen) atoms. The van der Waals surface area contributed by atoms with Crippen LogP contribution in [0.4, 0.5) is 0 Å². The van der Waals surface area contributed by atoms with Gasteiger partial charge in [-0.05, 0) is 43.4 Å². The molecule has 2 aromatic heterocycles. The Bertz CT molecular complexity index is 619. The molecule has 0 fully saturated rings. The van der Waals surface area contributed by atoms with Crippen LogP contribution in [0.2, 0.25) is 0 Å². The van der Waals surface area contributed by atoms with Crippen LogP contribution in [0.15, 0.2) is 34.7 Å². The van der Waals surface area contributed by atoms with Crippen LogP contribution in [0.3, 0.4) is 0 Å². The highest BCUT2D eigenvalue weighted by Gasteiger charge is 1.99. The molecule has 110 valence electrons. The fraction of sp³-hybridized carbons (Fsp3) is 0.389. The summed E-state index contributed by atoms with van der Waals surface area (Å²) >= 11 is 3.75. The molecule has 0 radical (unpaired) electrons. The smallest absolute Gasteiger partial charge is 0.0784 e. The predicted octanol–water partition coefficient (Wildman–Crippen LogP) is 5.52. The van der Waals surface area contributed by atoms with Gasteiger partial charge in [0.2, 0.25) is 0 Å². The number of unbranched alkanes of at least 4 members (excludes halogenated alkanes) is 3. The maximum absolute atomic E-state index is 4.19. The number of thiophene rings is 1. The van der Waals surface area contributed by atoms with Crippen LogP contribution in [-0.2, 0) is 0 Å². The van der Waals surface area contributed by atoms with Gasteiger partial charge in [-0.25, -0.2) is 0 Å². The van der Waals surface area contributed by atoms with Crippen LogP contribution in [0.25, 0.3) is 0 Å². The lowest BCUT2D eigenvalue weighted by Crippen LogP contribution is -1.81. The number of hydrogen-bond acceptors (Lipinski definition) is 3. The van der Waals surface area contributed by atoms with Crippen LogP contribution in [0.5, 0.6) is 0 Å². The van der Waals surface area contributed by atoms with Crippen molar-refractivity contribution < 1.29 is 0 Å². The minimum absolute atomic E-state index is 1.01. The summed E-state index contributed by atoms with van der Waals surface area (Å²) in [5.74, 6) is 7.68. The summed E-state index contributed by atoms with van der Waals surface area (Å²) in [5.41, 5.74) is 2.04. The van der Waals surface area contributed by atoms with Gasteiger partial charge in [0.25, 0.3) is 0 Å². The molecular weight excluding hydrogens is 294 g/mol. The van der Waals surface area contributed by atoms with Gasteiger partial charge in [0.05, 0.1) is 9.09 Å². The zero-order valence-electron chi connectivity index (χ0n) is 12.7. The molecule has 0 spiro atoms. The average molecular weight is 316 g/mol. The van der Waals surface area contributed by atoms with Gasteiger partial charge in [0.1, 0.15) is 0 Å². The molecule has 2 heterocycles. The molecule has 0 unspecified atom stereocenters. The molecule has 0 aliphatic carbocycles. The van der Waals surface area contributed by atoms with Crippen molar-refractivity contribution in [1.29, 1.82) is 0 Å². The summed E-state index contributed by atoms with van der Waals surface area (Å²) in [5, 5.41) is 0. The number of thioether (sulfide) groups is 1. The van der Waals surface area contributed by atoms with E-state index in [-0.39, 0.29) is 0 Å². The lowest BCUT2D eigenvalue weighted by atomic mass is 10.2. The second-order valence-corrected chi connectivity index (χ2v) is 7.44. The Hall–Kier alpha value is -1.24. The Balaban J connectivity index is 1.86. The second-order valence-electron chi connectivity index (χ2n) is 4.96. The molecule has 0 amide bonds. The Morgan fingerprint density at radius 2 is 2.05 bits per heavy atom. The van der Waals surface area contributed by atoms with E-state index in [1.54, 1.807) is 11.3 Å². The summed E-state index contributed by atoms with van der Waals surface area (Å²) < 4.78 is 1.38. The van der Waals surface area contributed by atoms with Gasteiger partial charge < -0.3 is 0 Å². The summed E-state index contributed by atoms with van der Waals surface area (Å²) in [6.45, 7) is 4.24. The highest BCUT2D eigenvalue weighted by Crippen LogP contribution is 2.27. The normalized spacial score (nSPS) is 10.2. The molecule has 0 aliphatic heterocycles. The molecule has 0 bridgehead atoms. The van der Waals surface area contributed by atoms with E-state index >= 15 is 0 Å². The first-order valence-electron chi connectivity index (χ1n) is 7.45. The summed E-state index contributed by atoms with van der Waals surface area (Å²) in [6.07, 6.45) is 7.13. The highest BCUT2D eigenvalue weighted by atomic mass is 32.2. The van der Waals surface area contributed by atoms with Gasteiger partial charge >= 0.3 is 0 Å². The van der Waals surface area contributed by atoms with Crippen molar-refractivity contribution in [3.63, 3.8) is 0 Å². The molecule has 2 rings (SSSR count). The van der Waals surface area contributed by atoms with Crippen LogP contribution in [-0.4, -0.2) is 10.7 Å². The first-order valence-corrected chi connectivity index (χ1v) is 9.25. The molecule has 1 nitrogen and oxygen atoms in total. The van der Waals surface area contributed by atoms with Crippen LogP contribution < -0.4 is 0 Å². The molecule has 0 saturated heterocycles. The number of pyridine rings is 1. The van der Waals surface area contributed by atoms with E-state index < -0.39 is 0 Å². The highest BCUT2D eigenvalue weighted by molar-refractivity contribution is 8.01. The second kappa shape index (κ2) is 8.92. The van der Waals surface area contributed by atoms with E-state index in [1.807, 2.05) is 37.0 Å². The van der Waals surface area contributed by atoms with Crippen molar-refractivity contribution in [2.24, 2.45) is 0 Å². The quantitative estimate of drug-likeness (QED) is 0.395. The lowest BCUT2D eigenvalue weighted by molar-refractivity contribution is 0.706. The molecular formula is C18H21NS2. The van der Waals surface area contributed by atoms with Crippen molar-refractivity contribution in [1.82, 2.24) is 4.98 Å². The van der Waals surface area contributed by atoms with E-state index in [4.69, 9.17) is 0 Å². The maximum atomic E-state index is 4.19. The number of rotatable bonds is 6. The Morgan fingerprint density at radius 1 is 1.14 bits per heavy atom. The largest absolute Gasteiger partial charge is 0.262 e. The summed E-state index contributed by atoms with van der Waals surface area (Å²) in [4.78, 5) is 5.32. The average Bonchev–Trinajstić information content (AvgIpc) is 2.93. The number of aromatic nitrogens is 1. The van der Waals surface area contributed by atoms with Crippen LogP contribution >= 0.6 is 23.1 Å². The van der Waals surface area contributed by atoms with E-state index in [9.17, 15) is 0 Å². The number of hydrogen-bond donors (Lipinski definition) is 0. The number of nitrogens with zero attached hydrogens (tertiary/aromatic N) is 1. The Morgan fingerprint density at radius 3 is 2.86 bits per heavy atom. The van der Waals surface area contributed by atoms with Gasteiger partial charge in [-0.1, -0.05) is 38.0 Å². The van der Waals surface area contributed by atoms with Crippen molar-refractivity contribution in [2.45, 2.75) is 43.7 Å². The third kappa shape index (κ3) is 5.95. The standard InChI is InChI=1S/C18H21NS2/c1-3-4-5-6-13-20-18-10-9-17(21-18)8-7-16-11-12-19-15(2)14-16/h9-12,14H,3-6,13H2,1-2H3. The minimum atomic E-state index is 1.01. The molecule has 0 atom stereocenters. The monoisotopic (exact) mass is 315 g/mol. The summed E-state index contributed by atoms with van der Waals surface area (Å²) in [6, 6.07) is 8.29. The van der Waals surface area contributed by atoms with Crippen molar-refractivity contribution in [2.75, 3.05) is 5.75 Å². The lowest BCUT2D eigenvalue weighted by Gasteiger charge is -1.97. The fourth-order valence-corrected chi connectivity index (χ4v) is 3.98. The van der Waals surface area contributed by atoms with E-state index in [0.29, 0.717) is 0 Å². The zero-order chi connectivity index (χ0) is 14.9. The maximum Gasteiger partial charge on any atom is 0.0784 e. The Kier molecular flexibility index (Phi) is 6.85. The topological polar surface area (TPSA) is 12.9 Å². The van der Waals surface area contributed by atoms with Crippen molar-refractivity contribution in [3.8, 4) is 11.8 Å². The van der Waals surface area contributed by atoms with Gasteiger partial charge in [-0.3, -0.25) is 4.98 Å². The third-order valence-electron chi connectivity index (χ3n) is 3.05. The van der Waals surface area contributed by atoms with E-state index in [0.717, 1.165) is 16.1 Å². The molecule has 0 aliphatic rings. The van der Waals surface area contributed by atoms with Crippen LogP contribution in [0.1, 0.15) is 48.7 Å². The molecule has 0 aromatic carbocycles. The van der Waals surface area contributed by atoms with Crippen LogP contribution in [0, 0.1) is 18.8 Å². The predicted molar refractivity (Wildman–Crippen MR) is 94.1 cm³/mol. The van der Waals surface area contributed by atoms with Gasteiger partial charge in [-0.15, -0.1) is 23.1 Å². The molecule has 3 heteroatoms. The fourth-order valence-electron chi connectivity index (χ4n) is 1.92. The summed E-state index contributed by atoms with van der Waals surface area (Å²) in [7, 11) is 0. The SMILES string of the molecule is CCCCCCSc1ccc(C#Cc2ccnc(C)c2)s1. The first-order chi connectivity index (χ1) is 10.3. The van der Waals surface area contributed by atoms with Gasteiger partial charge in [0.15, 0.2) is 0 Å². The number of aryl methyl sites for hydroxylation is 1. The molecule has 0 N–H and O–H groups in total. The van der Waals surface area contributed by atoms with E-state index in [2.05, 4.69) is 35.9 Å². The molecule has 2 aromatic rings. The van der Waals surface area contributed by atoms with Crippen molar-refractivity contribution in [3.05, 3.63) is 46.6 Å². The Labute approximate surface area is 136 Å². The first kappa shape index (κ1) is 16.1. The minimum Gasteiger partial charge on any atom is -0.262 e.